The number of aromatic hydroxyl groups is 1. The van der Waals surface area contributed by atoms with Gasteiger partial charge >= 0.3 is 0 Å². The van der Waals surface area contributed by atoms with E-state index in [0.29, 0.717) is 23.3 Å². The summed E-state index contributed by atoms with van der Waals surface area (Å²) in [6, 6.07) is 6.37. The Kier molecular flexibility index (Phi) is 5.45. The summed E-state index contributed by atoms with van der Waals surface area (Å²) in [4.78, 5) is 19.6. The van der Waals surface area contributed by atoms with E-state index >= 15 is 0 Å². The number of nitrogens with zero attached hydrogens (tertiary/aromatic N) is 5. The molecule has 0 radical (unpaired) electrons. The van der Waals surface area contributed by atoms with E-state index in [0.717, 1.165) is 31.6 Å². The van der Waals surface area contributed by atoms with Crippen molar-refractivity contribution in [2.45, 2.75) is 18.8 Å². The summed E-state index contributed by atoms with van der Waals surface area (Å²) in [6.07, 6.45) is 3.41. The molecule has 1 saturated heterocycles. The first-order chi connectivity index (χ1) is 14.5. The summed E-state index contributed by atoms with van der Waals surface area (Å²) in [5.74, 6) is -0.137. The fraction of sp³-hybridized carbons (Fsp3) is 0.333. The summed E-state index contributed by atoms with van der Waals surface area (Å²) in [5.41, 5.74) is 7.78. The Balaban J connectivity index is 1.78. The molecule has 1 aliphatic heterocycles. The summed E-state index contributed by atoms with van der Waals surface area (Å²) >= 11 is 0. The zero-order valence-electron chi connectivity index (χ0n) is 16.9. The van der Waals surface area contributed by atoms with E-state index in [-0.39, 0.29) is 22.8 Å². The third kappa shape index (κ3) is 3.88. The van der Waals surface area contributed by atoms with Gasteiger partial charge in [-0.1, -0.05) is 0 Å². The van der Waals surface area contributed by atoms with Crippen molar-refractivity contribution in [2.75, 3.05) is 38.2 Å². The van der Waals surface area contributed by atoms with Crippen molar-refractivity contribution in [1.82, 2.24) is 24.8 Å². The molecule has 9 heteroatoms. The topological polar surface area (TPSA) is 113 Å². The fourth-order valence-corrected chi connectivity index (χ4v) is 3.66. The molecule has 3 aromatic heterocycles. The third-order valence-electron chi connectivity index (χ3n) is 5.42. The van der Waals surface area contributed by atoms with Crippen molar-refractivity contribution in [1.29, 1.82) is 0 Å². The molecule has 1 fully saturated rings. The van der Waals surface area contributed by atoms with Gasteiger partial charge in [-0.2, -0.15) is 0 Å². The predicted octanol–water partition coefficient (Wildman–Crippen LogP) is 2.88. The van der Waals surface area contributed by atoms with Crippen molar-refractivity contribution >= 4 is 11.8 Å². The molecule has 0 amide bonds. The molecule has 0 atom stereocenters. The molecule has 4 N–H and O–H groups in total. The van der Waals surface area contributed by atoms with Crippen LogP contribution in [-0.4, -0.2) is 57.1 Å². The number of nitrogen functional groups attached to an aromatic ring is 1. The van der Waals surface area contributed by atoms with Crippen LogP contribution >= 0.6 is 0 Å². The predicted molar refractivity (Wildman–Crippen MR) is 114 cm³/mol. The van der Waals surface area contributed by atoms with Gasteiger partial charge in [-0.25, -0.2) is 24.3 Å². The Bertz CT molecular complexity index is 1070. The number of halogens is 1. The molecule has 0 aliphatic carbocycles. The van der Waals surface area contributed by atoms with Crippen molar-refractivity contribution < 1.29 is 9.50 Å². The average Bonchev–Trinajstić information content (AvgIpc) is 2.76. The van der Waals surface area contributed by atoms with Crippen molar-refractivity contribution in [2.24, 2.45) is 0 Å². The molecule has 30 heavy (non-hydrogen) atoms. The lowest BCUT2D eigenvalue weighted by Crippen LogP contribution is -2.29. The highest BCUT2D eigenvalue weighted by Crippen LogP contribution is 2.34. The Morgan fingerprint density at radius 2 is 1.90 bits per heavy atom. The molecule has 0 aromatic carbocycles. The lowest BCUT2D eigenvalue weighted by Gasteiger charge is -2.28. The highest BCUT2D eigenvalue weighted by molar-refractivity contribution is 5.71. The maximum atomic E-state index is 14.4. The first-order valence-electron chi connectivity index (χ1n) is 9.82. The maximum Gasteiger partial charge on any atom is 0.223 e. The number of rotatable bonds is 4. The third-order valence-corrected chi connectivity index (χ3v) is 5.42. The van der Waals surface area contributed by atoms with Crippen LogP contribution in [0.4, 0.5) is 16.2 Å². The lowest BCUT2D eigenvalue weighted by atomic mass is 9.93. The Hall–Kier alpha value is -3.33. The van der Waals surface area contributed by atoms with Crippen LogP contribution in [0.2, 0.25) is 0 Å². The minimum atomic E-state index is -0.646. The number of pyridine rings is 2. The SMILES string of the molecule is CNc1nc(-c2nc(-c3ccnc(N)c3F)ccc2O)cc(C2CCN(C)CC2)n1. The van der Waals surface area contributed by atoms with Gasteiger partial charge in [0.05, 0.1) is 11.4 Å². The lowest BCUT2D eigenvalue weighted by molar-refractivity contribution is 0.253. The van der Waals surface area contributed by atoms with E-state index in [9.17, 15) is 9.50 Å². The van der Waals surface area contributed by atoms with Gasteiger partial charge in [-0.05, 0) is 57.2 Å². The van der Waals surface area contributed by atoms with E-state index in [4.69, 9.17) is 5.73 Å². The highest BCUT2D eigenvalue weighted by Gasteiger charge is 2.22. The molecular weight excluding hydrogens is 385 g/mol. The van der Waals surface area contributed by atoms with Crippen LogP contribution in [0.15, 0.2) is 30.5 Å². The Labute approximate surface area is 174 Å². The van der Waals surface area contributed by atoms with Gasteiger partial charge in [0, 0.05) is 30.4 Å². The van der Waals surface area contributed by atoms with E-state index in [2.05, 4.69) is 37.2 Å². The molecule has 1 aliphatic rings. The molecule has 0 bridgehead atoms. The minimum absolute atomic E-state index is 0.0451. The van der Waals surface area contributed by atoms with Gasteiger partial charge in [0.25, 0.3) is 0 Å². The normalized spacial score (nSPS) is 15.3. The summed E-state index contributed by atoms with van der Waals surface area (Å²) in [6.45, 7) is 2.00. The summed E-state index contributed by atoms with van der Waals surface area (Å²) in [5, 5.41) is 13.5. The van der Waals surface area contributed by atoms with Crippen LogP contribution in [0, 0.1) is 5.82 Å². The Morgan fingerprint density at radius 1 is 1.13 bits per heavy atom. The van der Waals surface area contributed by atoms with E-state index in [1.54, 1.807) is 7.05 Å². The molecule has 4 rings (SSSR count). The summed E-state index contributed by atoms with van der Waals surface area (Å²) < 4.78 is 14.4. The number of piperidine rings is 1. The molecule has 3 aromatic rings. The minimum Gasteiger partial charge on any atom is -0.506 e. The number of hydrogen-bond donors (Lipinski definition) is 3. The van der Waals surface area contributed by atoms with Crippen molar-refractivity contribution in [3.05, 3.63) is 42.0 Å². The van der Waals surface area contributed by atoms with Crippen LogP contribution in [0.3, 0.4) is 0 Å². The fourth-order valence-electron chi connectivity index (χ4n) is 3.66. The monoisotopic (exact) mass is 409 g/mol. The van der Waals surface area contributed by atoms with Gasteiger partial charge in [-0.3, -0.25) is 0 Å². The van der Waals surface area contributed by atoms with Gasteiger partial charge in [0.2, 0.25) is 5.95 Å². The quantitative estimate of drug-likeness (QED) is 0.603. The zero-order chi connectivity index (χ0) is 21.3. The largest absolute Gasteiger partial charge is 0.506 e. The Morgan fingerprint density at radius 3 is 2.63 bits per heavy atom. The summed E-state index contributed by atoms with van der Waals surface area (Å²) in [7, 11) is 3.86. The van der Waals surface area contributed by atoms with Crippen LogP contribution in [-0.2, 0) is 0 Å². The molecule has 8 nitrogen and oxygen atoms in total. The number of nitrogens with one attached hydrogen (secondary N) is 1. The van der Waals surface area contributed by atoms with Crippen molar-refractivity contribution in [3.63, 3.8) is 0 Å². The van der Waals surface area contributed by atoms with Gasteiger partial charge < -0.3 is 21.1 Å². The smallest absolute Gasteiger partial charge is 0.223 e. The molecule has 0 spiro atoms. The van der Waals surface area contributed by atoms with E-state index in [1.165, 1.54) is 24.4 Å². The van der Waals surface area contributed by atoms with Crippen LogP contribution in [0.25, 0.3) is 22.6 Å². The first-order valence-corrected chi connectivity index (χ1v) is 9.82. The zero-order valence-corrected chi connectivity index (χ0v) is 16.9. The number of hydrogen-bond acceptors (Lipinski definition) is 8. The average molecular weight is 409 g/mol. The van der Waals surface area contributed by atoms with Crippen LogP contribution < -0.4 is 11.1 Å². The first kappa shape index (κ1) is 20.0. The van der Waals surface area contributed by atoms with Gasteiger partial charge in [0.1, 0.15) is 11.4 Å². The molecular formula is C21H24FN7O. The molecule has 0 saturated carbocycles. The number of likely N-dealkylation sites (tertiary alicyclic amines) is 1. The molecule has 0 unspecified atom stereocenters. The van der Waals surface area contributed by atoms with E-state index in [1.807, 2.05) is 6.07 Å². The van der Waals surface area contributed by atoms with Crippen molar-refractivity contribution in [3.8, 4) is 28.4 Å². The van der Waals surface area contributed by atoms with Gasteiger partial charge in [-0.15, -0.1) is 0 Å². The standard InChI is InChI=1S/C21H24FN7O/c1-24-21-27-15(12-6-9-29(2)10-7-12)11-16(28-21)19-17(30)4-3-14(26-19)13-5-8-25-20(23)18(13)22/h3-5,8,11-12,30H,6-7,9-10H2,1-2H3,(H2,23,25)(H,24,27,28). The highest BCUT2D eigenvalue weighted by atomic mass is 19.1. The van der Waals surface area contributed by atoms with Crippen LogP contribution in [0.1, 0.15) is 24.5 Å². The van der Waals surface area contributed by atoms with Gasteiger partial charge in [0.15, 0.2) is 11.6 Å². The molecule has 4 heterocycles. The second kappa shape index (κ2) is 8.19. The second-order valence-corrected chi connectivity index (χ2v) is 7.45. The van der Waals surface area contributed by atoms with Crippen LogP contribution in [0.5, 0.6) is 5.75 Å². The maximum absolute atomic E-state index is 14.4. The number of aromatic nitrogens is 4. The molecule has 156 valence electrons. The number of anilines is 2. The second-order valence-electron chi connectivity index (χ2n) is 7.45. The number of nitrogens with two attached hydrogens (primary N) is 1. The van der Waals surface area contributed by atoms with E-state index < -0.39 is 5.82 Å².